The van der Waals surface area contributed by atoms with Crippen molar-refractivity contribution in [3.8, 4) is 0 Å². The van der Waals surface area contributed by atoms with Gasteiger partial charge in [-0.05, 0) is 48.1 Å². The molecule has 0 atom stereocenters. The average molecular weight is 264 g/mol. The Bertz CT molecular complexity index is 495. The molecule has 1 aromatic rings. The molecule has 18 heavy (non-hydrogen) atoms. The number of nitrogens with zero attached hydrogens (tertiary/aromatic N) is 1. The second-order valence-electron chi connectivity index (χ2n) is 7.19. The van der Waals surface area contributed by atoms with E-state index in [4.69, 9.17) is 11.6 Å². The third-order valence-electron chi connectivity index (χ3n) is 4.43. The van der Waals surface area contributed by atoms with Gasteiger partial charge in [0.1, 0.15) is 0 Å². The van der Waals surface area contributed by atoms with E-state index in [2.05, 4.69) is 44.9 Å². The van der Waals surface area contributed by atoms with Crippen LogP contribution < -0.4 is 0 Å². The Labute approximate surface area is 115 Å². The van der Waals surface area contributed by atoms with Gasteiger partial charge in [0.2, 0.25) is 0 Å². The Hall–Kier alpha value is -0.530. The Morgan fingerprint density at radius 2 is 1.89 bits per heavy atom. The first-order chi connectivity index (χ1) is 8.32. The van der Waals surface area contributed by atoms with Gasteiger partial charge < -0.3 is 4.90 Å². The standard InChI is InChI=1S/C16H22ClN/c1-15(2,3)12-7-11-9-18(4)10-16(5-6-16)14(11)13(17)8-12/h7-8H,5-6,9-10H2,1-4H3. The van der Waals surface area contributed by atoms with Gasteiger partial charge in [0.15, 0.2) is 0 Å². The van der Waals surface area contributed by atoms with Crippen LogP contribution >= 0.6 is 11.6 Å². The summed E-state index contributed by atoms with van der Waals surface area (Å²) in [5, 5.41) is 1.00. The molecule has 0 saturated heterocycles. The molecule has 1 aromatic carbocycles. The van der Waals surface area contributed by atoms with Crippen LogP contribution in [0.1, 0.15) is 50.3 Å². The second kappa shape index (κ2) is 3.74. The monoisotopic (exact) mass is 263 g/mol. The summed E-state index contributed by atoms with van der Waals surface area (Å²) in [5.41, 5.74) is 4.83. The minimum absolute atomic E-state index is 0.172. The summed E-state index contributed by atoms with van der Waals surface area (Å²) in [5.74, 6) is 0. The molecule has 1 saturated carbocycles. The van der Waals surface area contributed by atoms with Gasteiger partial charge in [-0.15, -0.1) is 0 Å². The van der Waals surface area contributed by atoms with Crippen molar-refractivity contribution in [2.75, 3.05) is 13.6 Å². The quantitative estimate of drug-likeness (QED) is 0.681. The van der Waals surface area contributed by atoms with Crippen LogP contribution in [0.2, 0.25) is 5.02 Å². The maximum absolute atomic E-state index is 6.61. The number of hydrogen-bond donors (Lipinski definition) is 0. The summed E-state index contributed by atoms with van der Waals surface area (Å²) in [6, 6.07) is 4.59. The number of halogens is 1. The zero-order valence-corrected chi connectivity index (χ0v) is 12.6. The molecule has 0 bridgehead atoms. The van der Waals surface area contributed by atoms with E-state index in [0.29, 0.717) is 5.41 Å². The average Bonchev–Trinajstić information content (AvgIpc) is 2.94. The van der Waals surface area contributed by atoms with Gasteiger partial charge in [0, 0.05) is 23.5 Å². The number of rotatable bonds is 0. The molecule has 0 aromatic heterocycles. The van der Waals surface area contributed by atoms with E-state index in [0.717, 1.165) is 11.6 Å². The fourth-order valence-corrected chi connectivity index (χ4v) is 3.76. The lowest BCUT2D eigenvalue weighted by atomic mass is 9.80. The Morgan fingerprint density at radius 3 is 2.44 bits per heavy atom. The molecule has 1 aliphatic heterocycles. The van der Waals surface area contributed by atoms with E-state index >= 15 is 0 Å². The molecule has 98 valence electrons. The van der Waals surface area contributed by atoms with Crippen LogP contribution in [-0.4, -0.2) is 18.5 Å². The van der Waals surface area contributed by atoms with Gasteiger partial charge in [0.05, 0.1) is 0 Å². The number of benzene rings is 1. The van der Waals surface area contributed by atoms with Crippen molar-refractivity contribution in [3.05, 3.63) is 33.8 Å². The second-order valence-corrected chi connectivity index (χ2v) is 7.60. The summed E-state index contributed by atoms with van der Waals surface area (Å²) < 4.78 is 0. The predicted molar refractivity (Wildman–Crippen MR) is 77.4 cm³/mol. The summed E-state index contributed by atoms with van der Waals surface area (Å²) in [7, 11) is 2.22. The van der Waals surface area contributed by atoms with E-state index in [9.17, 15) is 0 Å². The van der Waals surface area contributed by atoms with Crippen LogP contribution in [0.3, 0.4) is 0 Å². The van der Waals surface area contributed by atoms with Crippen molar-refractivity contribution in [2.45, 2.75) is 51.0 Å². The third kappa shape index (κ3) is 1.88. The molecule has 1 nitrogen and oxygen atoms in total. The van der Waals surface area contributed by atoms with Crippen LogP contribution in [0, 0.1) is 0 Å². The SMILES string of the molecule is CN1Cc2cc(C(C)(C)C)cc(Cl)c2C2(CC2)C1. The maximum atomic E-state index is 6.61. The predicted octanol–water partition coefficient (Wildman–Crippen LogP) is 4.11. The Balaban J connectivity index is 2.15. The van der Waals surface area contributed by atoms with Crippen LogP contribution in [0.4, 0.5) is 0 Å². The molecular formula is C16H22ClN. The normalized spacial score (nSPS) is 22.1. The Kier molecular flexibility index (Phi) is 2.60. The molecule has 2 aliphatic rings. The van der Waals surface area contributed by atoms with Crippen molar-refractivity contribution < 1.29 is 0 Å². The fourth-order valence-electron chi connectivity index (χ4n) is 3.32. The smallest absolute Gasteiger partial charge is 0.0450 e. The lowest BCUT2D eigenvalue weighted by Gasteiger charge is -2.35. The van der Waals surface area contributed by atoms with E-state index in [-0.39, 0.29) is 5.41 Å². The first-order valence-electron chi connectivity index (χ1n) is 6.84. The third-order valence-corrected chi connectivity index (χ3v) is 4.73. The van der Waals surface area contributed by atoms with Gasteiger partial charge in [0.25, 0.3) is 0 Å². The topological polar surface area (TPSA) is 3.24 Å². The van der Waals surface area contributed by atoms with Crippen LogP contribution in [0.5, 0.6) is 0 Å². The highest BCUT2D eigenvalue weighted by molar-refractivity contribution is 6.31. The number of hydrogen-bond acceptors (Lipinski definition) is 1. The van der Waals surface area contributed by atoms with Crippen molar-refractivity contribution in [1.82, 2.24) is 4.90 Å². The van der Waals surface area contributed by atoms with Crippen molar-refractivity contribution in [3.63, 3.8) is 0 Å². The summed E-state index contributed by atoms with van der Waals surface area (Å²) in [4.78, 5) is 2.44. The zero-order valence-electron chi connectivity index (χ0n) is 11.8. The molecule has 0 N–H and O–H groups in total. The molecule has 1 aliphatic carbocycles. The summed E-state index contributed by atoms with van der Waals surface area (Å²) >= 11 is 6.61. The first-order valence-corrected chi connectivity index (χ1v) is 7.22. The minimum atomic E-state index is 0.172. The number of likely N-dealkylation sites (N-methyl/N-ethyl adjacent to an activating group) is 1. The molecule has 0 unspecified atom stereocenters. The molecular weight excluding hydrogens is 242 g/mol. The van der Waals surface area contributed by atoms with E-state index in [1.807, 2.05) is 0 Å². The van der Waals surface area contributed by atoms with Gasteiger partial charge in [-0.25, -0.2) is 0 Å². The van der Waals surface area contributed by atoms with Gasteiger partial charge in [-0.3, -0.25) is 0 Å². The van der Waals surface area contributed by atoms with E-state index in [1.165, 1.54) is 36.1 Å². The molecule has 2 heteroatoms. The minimum Gasteiger partial charge on any atom is -0.301 e. The molecule has 0 radical (unpaired) electrons. The molecule has 1 spiro atoms. The summed E-state index contributed by atoms with van der Waals surface area (Å²) in [6.45, 7) is 8.98. The van der Waals surface area contributed by atoms with Crippen molar-refractivity contribution in [2.24, 2.45) is 0 Å². The highest BCUT2D eigenvalue weighted by Crippen LogP contribution is 2.54. The van der Waals surface area contributed by atoms with Gasteiger partial charge in [-0.2, -0.15) is 0 Å². The van der Waals surface area contributed by atoms with Gasteiger partial charge >= 0.3 is 0 Å². The zero-order chi connectivity index (χ0) is 13.1. The highest BCUT2D eigenvalue weighted by Gasteiger charge is 2.49. The molecule has 1 fully saturated rings. The lowest BCUT2D eigenvalue weighted by Crippen LogP contribution is -2.35. The molecule has 3 rings (SSSR count). The fraction of sp³-hybridized carbons (Fsp3) is 0.625. The lowest BCUT2D eigenvalue weighted by molar-refractivity contribution is 0.271. The van der Waals surface area contributed by atoms with Crippen LogP contribution in [-0.2, 0) is 17.4 Å². The molecule has 0 amide bonds. The van der Waals surface area contributed by atoms with Crippen LogP contribution in [0.25, 0.3) is 0 Å². The van der Waals surface area contributed by atoms with E-state index in [1.54, 1.807) is 0 Å². The van der Waals surface area contributed by atoms with Crippen LogP contribution in [0.15, 0.2) is 12.1 Å². The largest absolute Gasteiger partial charge is 0.301 e. The maximum Gasteiger partial charge on any atom is 0.0450 e. The highest BCUT2D eigenvalue weighted by atomic mass is 35.5. The summed E-state index contributed by atoms with van der Waals surface area (Å²) in [6.07, 6.45) is 2.61. The van der Waals surface area contributed by atoms with Gasteiger partial charge in [-0.1, -0.05) is 38.4 Å². The van der Waals surface area contributed by atoms with Crippen molar-refractivity contribution in [1.29, 1.82) is 0 Å². The number of fused-ring (bicyclic) bond motifs is 2. The first kappa shape index (κ1) is 12.5. The molecule has 1 heterocycles. The van der Waals surface area contributed by atoms with E-state index < -0.39 is 0 Å². The Morgan fingerprint density at radius 1 is 1.22 bits per heavy atom. The van der Waals surface area contributed by atoms with Crippen molar-refractivity contribution >= 4 is 11.6 Å².